The van der Waals surface area contributed by atoms with E-state index in [1.165, 1.54) is 4.31 Å². The SMILES string of the molecule is Nc1cccc2c1CCN2S(=O)(=O)N1CCCCC1. The summed E-state index contributed by atoms with van der Waals surface area (Å²) in [5.74, 6) is 0. The van der Waals surface area contributed by atoms with Crippen LogP contribution in [0.1, 0.15) is 24.8 Å². The Morgan fingerprint density at radius 1 is 1.05 bits per heavy atom. The molecule has 0 atom stereocenters. The van der Waals surface area contributed by atoms with Gasteiger partial charge in [-0.05, 0) is 31.4 Å². The van der Waals surface area contributed by atoms with Gasteiger partial charge in [0.25, 0.3) is 0 Å². The smallest absolute Gasteiger partial charge is 0.304 e. The van der Waals surface area contributed by atoms with Crippen LogP contribution in [0.4, 0.5) is 11.4 Å². The van der Waals surface area contributed by atoms with E-state index in [-0.39, 0.29) is 0 Å². The number of nitrogens with two attached hydrogens (primary N) is 1. The Bertz CT molecular complexity index is 580. The van der Waals surface area contributed by atoms with Gasteiger partial charge in [-0.2, -0.15) is 12.7 Å². The Balaban J connectivity index is 1.94. The Hall–Kier alpha value is -1.27. The van der Waals surface area contributed by atoms with E-state index >= 15 is 0 Å². The first-order valence-corrected chi connectivity index (χ1v) is 8.15. The van der Waals surface area contributed by atoms with Crippen molar-refractivity contribution in [1.29, 1.82) is 0 Å². The van der Waals surface area contributed by atoms with Crippen molar-refractivity contribution in [3.05, 3.63) is 23.8 Å². The van der Waals surface area contributed by atoms with Gasteiger partial charge in [0.1, 0.15) is 0 Å². The molecule has 0 radical (unpaired) electrons. The number of anilines is 2. The highest BCUT2D eigenvalue weighted by Crippen LogP contribution is 2.35. The van der Waals surface area contributed by atoms with Crippen molar-refractivity contribution in [2.24, 2.45) is 0 Å². The molecule has 1 aromatic rings. The van der Waals surface area contributed by atoms with Crippen LogP contribution in [0.3, 0.4) is 0 Å². The van der Waals surface area contributed by atoms with Gasteiger partial charge in [-0.1, -0.05) is 12.5 Å². The quantitative estimate of drug-likeness (QED) is 0.832. The molecule has 104 valence electrons. The average molecular weight is 281 g/mol. The lowest BCUT2D eigenvalue weighted by atomic mass is 10.1. The highest BCUT2D eigenvalue weighted by molar-refractivity contribution is 7.90. The molecule has 5 nitrogen and oxygen atoms in total. The lowest BCUT2D eigenvalue weighted by Crippen LogP contribution is -2.45. The van der Waals surface area contributed by atoms with Crippen molar-refractivity contribution in [2.45, 2.75) is 25.7 Å². The van der Waals surface area contributed by atoms with Crippen molar-refractivity contribution in [1.82, 2.24) is 4.31 Å². The highest BCUT2D eigenvalue weighted by atomic mass is 32.2. The van der Waals surface area contributed by atoms with Gasteiger partial charge in [0, 0.05) is 30.9 Å². The van der Waals surface area contributed by atoms with Crippen LogP contribution in [-0.4, -0.2) is 32.4 Å². The fourth-order valence-electron chi connectivity index (χ4n) is 2.91. The van der Waals surface area contributed by atoms with E-state index in [0.29, 0.717) is 31.7 Å². The van der Waals surface area contributed by atoms with Crippen LogP contribution < -0.4 is 10.0 Å². The molecule has 3 rings (SSSR count). The van der Waals surface area contributed by atoms with Gasteiger partial charge in [-0.3, -0.25) is 4.31 Å². The summed E-state index contributed by atoms with van der Waals surface area (Å²) in [6.45, 7) is 1.77. The third-order valence-corrected chi connectivity index (χ3v) is 5.89. The minimum atomic E-state index is -3.38. The highest BCUT2D eigenvalue weighted by Gasteiger charge is 2.35. The number of benzene rings is 1. The molecular weight excluding hydrogens is 262 g/mol. The zero-order valence-corrected chi connectivity index (χ0v) is 11.7. The Morgan fingerprint density at radius 3 is 2.53 bits per heavy atom. The summed E-state index contributed by atoms with van der Waals surface area (Å²) < 4.78 is 28.5. The van der Waals surface area contributed by atoms with E-state index in [2.05, 4.69) is 0 Å². The second kappa shape index (κ2) is 4.68. The van der Waals surface area contributed by atoms with Crippen LogP contribution in [-0.2, 0) is 16.6 Å². The van der Waals surface area contributed by atoms with Crippen LogP contribution in [0.15, 0.2) is 18.2 Å². The maximum absolute atomic E-state index is 12.7. The Labute approximate surface area is 114 Å². The molecule has 19 heavy (non-hydrogen) atoms. The van der Waals surface area contributed by atoms with E-state index < -0.39 is 10.2 Å². The summed E-state index contributed by atoms with van der Waals surface area (Å²) in [5, 5.41) is 0. The second-order valence-electron chi connectivity index (χ2n) is 5.13. The molecule has 0 aliphatic carbocycles. The van der Waals surface area contributed by atoms with Crippen molar-refractivity contribution in [2.75, 3.05) is 29.7 Å². The number of hydrogen-bond donors (Lipinski definition) is 1. The third kappa shape index (κ3) is 2.08. The third-order valence-electron chi connectivity index (χ3n) is 3.94. The summed E-state index contributed by atoms with van der Waals surface area (Å²) >= 11 is 0. The number of nitrogen functional groups attached to an aromatic ring is 1. The molecule has 2 N–H and O–H groups in total. The molecule has 0 amide bonds. The standard InChI is InChI=1S/C13H19N3O2S/c14-12-5-4-6-13-11(12)7-10-16(13)19(17,18)15-8-2-1-3-9-15/h4-6H,1-3,7-10,14H2. The van der Waals surface area contributed by atoms with Gasteiger partial charge in [0.2, 0.25) is 0 Å². The second-order valence-corrected chi connectivity index (χ2v) is 6.99. The molecule has 0 unspecified atom stereocenters. The van der Waals surface area contributed by atoms with E-state index in [9.17, 15) is 8.42 Å². The first-order chi connectivity index (χ1) is 9.10. The van der Waals surface area contributed by atoms with Crippen LogP contribution in [0.5, 0.6) is 0 Å². The first-order valence-electron chi connectivity index (χ1n) is 6.76. The van der Waals surface area contributed by atoms with Crippen LogP contribution in [0, 0.1) is 0 Å². The molecule has 2 heterocycles. The lowest BCUT2D eigenvalue weighted by Gasteiger charge is -2.31. The van der Waals surface area contributed by atoms with Crippen molar-refractivity contribution < 1.29 is 8.42 Å². The molecule has 2 aliphatic heterocycles. The normalized spacial score (nSPS) is 20.5. The van der Waals surface area contributed by atoms with Crippen molar-refractivity contribution in [3.63, 3.8) is 0 Å². The lowest BCUT2D eigenvalue weighted by molar-refractivity contribution is 0.345. The molecule has 6 heteroatoms. The largest absolute Gasteiger partial charge is 0.398 e. The van der Waals surface area contributed by atoms with Crippen LogP contribution >= 0.6 is 0 Å². The fraction of sp³-hybridized carbons (Fsp3) is 0.538. The maximum atomic E-state index is 12.7. The van der Waals surface area contributed by atoms with E-state index in [4.69, 9.17) is 5.73 Å². The molecule has 1 aromatic carbocycles. The van der Waals surface area contributed by atoms with Crippen molar-refractivity contribution in [3.8, 4) is 0 Å². The number of nitrogens with zero attached hydrogens (tertiary/aromatic N) is 2. The van der Waals surface area contributed by atoms with Gasteiger partial charge in [-0.25, -0.2) is 0 Å². The van der Waals surface area contributed by atoms with Gasteiger partial charge in [-0.15, -0.1) is 0 Å². The summed E-state index contributed by atoms with van der Waals surface area (Å²) in [6.07, 6.45) is 3.73. The minimum absolute atomic E-state index is 0.502. The predicted molar refractivity (Wildman–Crippen MR) is 76.2 cm³/mol. The zero-order valence-electron chi connectivity index (χ0n) is 10.9. The molecule has 2 aliphatic rings. The van der Waals surface area contributed by atoms with E-state index in [1.807, 2.05) is 18.2 Å². The molecule has 0 bridgehead atoms. The molecule has 1 fully saturated rings. The number of rotatable bonds is 2. The average Bonchev–Trinajstić information content (AvgIpc) is 2.86. The van der Waals surface area contributed by atoms with Crippen LogP contribution in [0.25, 0.3) is 0 Å². The van der Waals surface area contributed by atoms with Gasteiger partial charge < -0.3 is 5.73 Å². The molecule has 1 saturated heterocycles. The zero-order chi connectivity index (χ0) is 13.5. The van der Waals surface area contributed by atoms with E-state index in [1.54, 1.807) is 4.31 Å². The molecule has 0 aromatic heterocycles. The van der Waals surface area contributed by atoms with Gasteiger partial charge in [0.05, 0.1) is 5.69 Å². The first kappa shape index (κ1) is 12.7. The summed E-state index contributed by atoms with van der Waals surface area (Å²) in [6, 6.07) is 5.49. The van der Waals surface area contributed by atoms with Crippen molar-refractivity contribution >= 4 is 21.6 Å². The van der Waals surface area contributed by atoms with E-state index in [0.717, 1.165) is 30.5 Å². The molecule has 0 saturated carbocycles. The number of piperidine rings is 1. The van der Waals surface area contributed by atoms with Gasteiger partial charge in [0.15, 0.2) is 0 Å². The summed E-state index contributed by atoms with van der Waals surface area (Å²) in [5.41, 5.74) is 8.33. The summed E-state index contributed by atoms with van der Waals surface area (Å²) in [4.78, 5) is 0. The minimum Gasteiger partial charge on any atom is -0.398 e. The van der Waals surface area contributed by atoms with Crippen LogP contribution in [0.2, 0.25) is 0 Å². The summed E-state index contributed by atoms with van der Waals surface area (Å²) in [7, 11) is -3.38. The number of hydrogen-bond acceptors (Lipinski definition) is 3. The number of fused-ring (bicyclic) bond motifs is 1. The topological polar surface area (TPSA) is 66.6 Å². The predicted octanol–water partition coefficient (Wildman–Crippen LogP) is 1.36. The Morgan fingerprint density at radius 2 is 1.79 bits per heavy atom. The molecule has 0 spiro atoms. The monoisotopic (exact) mass is 281 g/mol. The molecular formula is C13H19N3O2S. The fourth-order valence-corrected chi connectivity index (χ4v) is 4.65. The maximum Gasteiger partial charge on any atom is 0.304 e. The van der Waals surface area contributed by atoms with Gasteiger partial charge >= 0.3 is 10.2 Å². The Kier molecular flexibility index (Phi) is 3.14.